The molecular weight excluding hydrogens is 372 g/mol. The second-order valence-corrected chi connectivity index (χ2v) is 7.33. The molecular formula is C21H24N4O2S. The van der Waals surface area contributed by atoms with Crippen molar-refractivity contribution in [3.63, 3.8) is 0 Å². The molecule has 0 aliphatic carbocycles. The highest BCUT2D eigenvalue weighted by Crippen LogP contribution is 2.28. The van der Waals surface area contributed by atoms with Crippen molar-refractivity contribution >= 4 is 23.4 Å². The average Bonchev–Trinajstić information content (AvgIpc) is 3.20. The topological polar surface area (TPSA) is 69.0 Å². The number of para-hydroxylation sites is 3. The molecule has 0 saturated carbocycles. The molecule has 3 aromatic rings. The van der Waals surface area contributed by atoms with E-state index in [2.05, 4.69) is 35.4 Å². The van der Waals surface area contributed by atoms with Gasteiger partial charge in [-0.1, -0.05) is 55.9 Å². The Morgan fingerprint density at radius 2 is 1.96 bits per heavy atom. The van der Waals surface area contributed by atoms with E-state index in [-0.39, 0.29) is 11.7 Å². The SMILES string of the molecule is CC[C@@H](C)c1ccccc1NC(=O)CSc1nncn1-c1ccccc1OC. The highest BCUT2D eigenvalue weighted by atomic mass is 32.2. The molecule has 0 saturated heterocycles. The molecule has 1 atom stereocenters. The molecule has 0 aliphatic heterocycles. The first-order chi connectivity index (χ1) is 13.6. The van der Waals surface area contributed by atoms with E-state index in [0.717, 1.165) is 29.1 Å². The average molecular weight is 397 g/mol. The molecule has 1 aromatic heterocycles. The number of ether oxygens (including phenoxy) is 1. The van der Waals surface area contributed by atoms with Crippen LogP contribution in [0.1, 0.15) is 31.7 Å². The fraction of sp³-hybridized carbons (Fsp3) is 0.286. The summed E-state index contributed by atoms with van der Waals surface area (Å²) in [6.07, 6.45) is 2.64. The first-order valence-electron chi connectivity index (χ1n) is 9.19. The lowest BCUT2D eigenvalue weighted by molar-refractivity contribution is -0.113. The number of carbonyl (C=O) groups excluding carboxylic acids is 1. The van der Waals surface area contributed by atoms with Gasteiger partial charge in [0.1, 0.15) is 12.1 Å². The standard InChI is InChI=1S/C21H24N4O2S/c1-4-15(2)16-9-5-6-10-17(16)23-20(26)13-28-21-24-22-14-25(21)18-11-7-8-12-19(18)27-3/h5-12,14-15H,4,13H2,1-3H3,(H,23,26)/t15-/m1/s1. The number of hydrogen-bond donors (Lipinski definition) is 1. The van der Waals surface area contributed by atoms with Crippen LogP contribution in [0.25, 0.3) is 5.69 Å². The number of anilines is 1. The van der Waals surface area contributed by atoms with Crippen LogP contribution in [0, 0.1) is 0 Å². The van der Waals surface area contributed by atoms with Gasteiger partial charge < -0.3 is 10.1 Å². The first kappa shape index (κ1) is 19.9. The van der Waals surface area contributed by atoms with Crippen molar-refractivity contribution in [3.05, 3.63) is 60.4 Å². The summed E-state index contributed by atoms with van der Waals surface area (Å²) in [6, 6.07) is 15.6. The number of amides is 1. The number of thioether (sulfide) groups is 1. The van der Waals surface area contributed by atoms with Crippen molar-refractivity contribution in [3.8, 4) is 11.4 Å². The summed E-state index contributed by atoms with van der Waals surface area (Å²) in [7, 11) is 1.62. The minimum Gasteiger partial charge on any atom is -0.495 e. The van der Waals surface area contributed by atoms with Crippen molar-refractivity contribution in [1.82, 2.24) is 14.8 Å². The molecule has 2 aromatic carbocycles. The minimum absolute atomic E-state index is 0.0738. The first-order valence-corrected chi connectivity index (χ1v) is 10.2. The van der Waals surface area contributed by atoms with Crippen molar-refractivity contribution in [2.24, 2.45) is 0 Å². The zero-order valence-corrected chi connectivity index (χ0v) is 17.1. The van der Waals surface area contributed by atoms with E-state index >= 15 is 0 Å². The fourth-order valence-corrected chi connectivity index (χ4v) is 3.62. The van der Waals surface area contributed by atoms with Crippen LogP contribution in [0.15, 0.2) is 60.0 Å². The van der Waals surface area contributed by atoms with Gasteiger partial charge in [-0.3, -0.25) is 9.36 Å². The van der Waals surface area contributed by atoms with Crippen LogP contribution in [0.3, 0.4) is 0 Å². The maximum atomic E-state index is 12.5. The number of hydrogen-bond acceptors (Lipinski definition) is 5. The quantitative estimate of drug-likeness (QED) is 0.567. The lowest BCUT2D eigenvalue weighted by atomic mass is 9.97. The van der Waals surface area contributed by atoms with E-state index in [1.54, 1.807) is 13.4 Å². The van der Waals surface area contributed by atoms with E-state index in [0.29, 0.717) is 11.1 Å². The Balaban J connectivity index is 1.70. The zero-order chi connectivity index (χ0) is 19.9. The van der Waals surface area contributed by atoms with Gasteiger partial charge >= 0.3 is 0 Å². The maximum Gasteiger partial charge on any atom is 0.234 e. The van der Waals surface area contributed by atoms with Crippen molar-refractivity contribution in [2.75, 3.05) is 18.2 Å². The molecule has 0 fully saturated rings. The van der Waals surface area contributed by atoms with Gasteiger partial charge in [-0.15, -0.1) is 10.2 Å². The molecule has 0 bridgehead atoms. The summed E-state index contributed by atoms with van der Waals surface area (Å²) in [5, 5.41) is 11.8. The lowest BCUT2D eigenvalue weighted by Crippen LogP contribution is -2.16. The Hall–Kier alpha value is -2.80. The molecule has 7 heteroatoms. The maximum absolute atomic E-state index is 12.5. The number of aromatic nitrogens is 3. The lowest BCUT2D eigenvalue weighted by Gasteiger charge is -2.15. The second kappa shape index (κ2) is 9.41. The third-order valence-corrected chi connectivity index (χ3v) is 5.51. The number of nitrogens with zero attached hydrogens (tertiary/aromatic N) is 3. The molecule has 28 heavy (non-hydrogen) atoms. The van der Waals surface area contributed by atoms with E-state index < -0.39 is 0 Å². The predicted octanol–water partition coefficient (Wildman–Crippen LogP) is 4.52. The monoisotopic (exact) mass is 396 g/mol. The predicted molar refractivity (Wildman–Crippen MR) is 112 cm³/mol. The molecule has 1 heterocycles. The molecule has 6 nitrogen and oxygen atoms in total. The minimum atomic E-state index is -0.0738. The van der Waals surface area contributed by atoms with E-state index in [1.807, 2.05) is 47.0 Å². The van der Waals surface area contributed by atoms with Gasteiger partial charge in [0.05, 0.1) is 18.6 Å². The number of rotatable bonds is 8. The van der Waals surface area contributed by atoms with Gasteiger partial charge in [0.25, 0.3) is 0 Å². The molecule has 0 aliphatic rings. The molecule has 1 N–H and O–H groups in total. The second-order valence-electron chi connectivity index (χ2n) is 6.39. The van der Waals surface area contributed by atoms with Crippen LogP contribution in [-0.2, 0) is 4.79 Å². The molecule has 146 valence electrons. The number of methoxy groups -OCH3 is 1. The summed E-state index contributed by atoms with van der Waals surface area (Å²) < 4.78 is 7.23. The van der Waals surface area contributed by atoms with Gasteiger partial charge in [0.15, 0.2) is 5.16 Å². The molecule has 0 radical (unpaired) electrons. The molecule has 0 unspecified atom stereocenters. The third-order valence-electron chi connectivity index (χ3n) is 4.57. The number of carbonyl (C=O) groups is 1. The number of benzene rings is 2. The smallest absolute Gasteiger partial charge is 0.234 e. The Kier molecular flexibility index (Phi) is 6.71. The van der Waals surface area contributed by atoms with Crippen molar-refractivity contribution in [2.45, 2.75) is 31.3 Å². The van der Waals surface area contributed by atoms with Crippen molar-refractivity contribution < 1.29 is 9.53 Å². The van der Waals surface area contributed by atoms with Crippen LogP contribution < -0.4 is 10.1 Å². The molecule has 3 rings (SSSR count). The summed E-state index contributed by atoms with van der Waals surface area (Å²) in [6.45, 7) is 4.30. The highest BCUT2D eigenvalue weighted by molar-refractivity contribution is 7.99. The summed E-state index contributed by atoms with van der Waals surface area (Å²) in [5.41, 5.74) is 2.86. The van der Waals surface area contributed by atoms with Crippen molar-refractivity contribution in [1.29, 1.82) is 0 Å². The van der Waals surface area contributed by atoms with Crippen LogP contribution >= 0.6 is 11.8 Å². The van der Waals surface area contributed by atoms with Crippen LogP contribution in [0.5, 0.6) is 5.75 Å². The van der Waals surface area contributed by atoms with Gasteiger partial charge in [0, 0.05) is 5.69 Å². The molecule has 1 amide bonds. The Morgan fingerprint density at radius 3 is 2.75 bits per heavy atom. The van der Waals surface area contributed by atoms with Crippen LogP contribution in [0.4, 0.5) is 5.69 Å². The van der Waals surface area contributed by atoms with E-state index in [9.17, 15) is 4.79 Å². The third kappa shape index (κ3) is 4.54. The Labute approximate surface area is 169 Å². The largest absolute Gasteiger partial charge is 0.495 e. The Morgan fingerprint density at radius 1 is 1.21 bits per heavy atom. The molecule has 0 spiro atoms. The summed E-state index contributed by atoms with van der Waals surface area (Å²) in [5.74, 6) is 1.27. The number of nitrogens with one attached hydrogen (secondary N) is 1. The summed E-state index contributed by atoms with van der Waals surface area (Å²) in [4.78, 5) is 12.5. The van der Waals surface area contributed by atoms with Gasteiger partial charge in [-0.2, -0.15) is 0 Å². The normalized spacial score (nSPS) is 11.8. The van der Waals surface area contributed by atoms with Crippen LogP contribution in [-0.4, -0.2) is 33.5 Å². The Bertz CT molecular complexity index is 941. The van der Waals surface area contributed by atoms with E-state index in [1.165, 1.54) is 11.8 Å². The van der Waals surface area contributed by atoms with Crippen LogP contribution in [0.2, 0.25) is 0 Å². The fourth-order valence-electron chi connectivity index (χ4n) is 2.89. The van der Waals surface area contributed by atoms with Gasteiger partial charge in [-0.05, 0) is 36.1 Å². The highest BCUT2D eigenvalue weighted by Gasteiger charge is 2.15. The summed E-state index contributed by atoms with van der Waals surface area (Å²) >= 11 is 1.34. The van der Waals surface area contributed by atoms with Gasteiger partial charge in [0.2, 0.25) is 5.91 Å². The van der Waals surface area contributed by atoms with Gasteiger partial charge in [-0.25, -0.2) is 0 Å². The zero-order valence-electron chi connectivity index (χ0n) is 16.3. The van der Waals surface area contributed by atoms with E-state index in [4.69, 9.17) is 4.74 Å².